The van der Waals surface area contributed by atoms with E-state index in [9.17, 15) is 8.42 Å². The number of aryl methyl sites for hydroxylation is 3. The van der Waals surface area contributed by atoms with Gasteiger partial charge in [0, 0.05) is 17.5 Å². The van der Waals surface area contributed by atoms with Crippen molar-refractivity contribution in [1.29, 1.82) is 0 Å². The molecule has 0 atom stereocenters. The Morgan fingerprint density at radius 2 is 1.73 bits per heavy atom. The molecule has 6 nitrogen and oxygen atoms in total. The zero-order valence-electron chi connectivity index (χ0n) is 12.4. The maximum atomic E-state index is 12.2. The van der Waals surface area contributed by atoms with Gasteiger partial charge in [0.2, 0.25) is 0 Å². The zero-order valence-corrected chi connectivity index (χ0v) is 13.3. The smallest absolute Gasteiger partial charge is 0.340 e. The van der Waals surface area contributed by atoms with Crippen LogP contribution in [0, 0.1) is 20.8 Å². The largest absolute Gasteiger partial charge is 0.356 e. The fraction of sp³-hybridized carbons (Fsp3) is 0.200. The van der Waals surface area contributed by atoms with Gasteiger partial charge in [-0.1, -0.05) is 17.7 Å². The molecule has 2 heterocycles. The van der Waals surface area contributed by atoms with Crippen molar-refractivity contribution >= 4 is 15.8 Å². The van der Waals surface area contributed by atoms with Gasteiger partial charge in [0.05, 0.1) is 0 Å². The highest BCUT2D eigenvalue weighted by Gasteiger charge is 2.19. The maximum Gasteiger partial charge on any atom is 0.340 e. The third-order valence-corrected chi connectivity index (χ3v) is 4.46. The molecule has 0 spiro atoms. The molecular formula is C15H15N3O3S. The lowest BCUT2D eigenvalue weighted by Crippen LogP contribution is -2.10. The minimum atomic E-state index is -3.90. The fourth-order valence-electron chi connectivity index (χ4n) is 2.17. The summed E-state index contributed by atoms with van der Waals surface area (Å²) in [5, 5.41) is 4.13. The van der Waals surface area contributed by atoms with Gasteiger partial charge in [-0.25, -0.2) is 9.50 Å². The number of hydrogen-bond donors (Lipinski definition) is 0. The summed E-state index contributed by atoms with van der Waals surface area (Å²) in [6.45, 7) is 5.62. The Morgan fingerprint density at radius 1 is 1.05 bits per heavy atom. The van der Waals surface area contributed by atoms with Crippen LogP contribution in [0.25, 0.3) is 5.65 Å². The lowest BCUT2D eigenvalue weighted by Gasteiger charge is -2.04. The molecule has 0 N–H and O–H groups in total. The van der Waals surface area contributed by atoms with E-state index < -0.39 is 10.1 Å². The van der Waals surface area contributed by atoms with Crippen LogP contribution in [0.2, 0.25) is 0 Å². The van der Waals surface area contributed by atoms with Crippen molar-refractivity contribution in [1.82, 2.24) is 14.6 Å². The Hall–Kier alpha value is -2.41. The first-order valence-corrected chi connectivity index (χ1v) is 8.11. The second-order valence-electron chi connectivity index (χ2n) is 5.14. The van der Waals surface area contributed by atoms with E-state index >= 15 is 0 Å². The van der Waals surface area contributed by atoms with Gasteiger partial charge in [0.15, 0.2) is 5.65 Å². The summed E-state index contributed by atoms with van der Waals surface area (Å²) in [6, 6.07) is 9.82. The van der Waals surface area contributed by atoms with Crippen LogP contribution in [0.5, 0.6) is 5.88 Å². The SMILES string of the molecule is Cc1ccc(S(=O)(=O)Oc2cc3nc(C)cc(C)n3n2)cc1. The Morgan fingerprint density at radius 3 is 2.41 bits per heavy atom. The summed E-state index contributed by atoms with van der Waals surface area (Å²) in [6.07, 6.45) is 0. The van der Waals surface area contributed by atoms with Crippen LogP contribution in [0.1, 0.15) is 17.0 Å². The Bertz CT molecular complexity index is 944. The lowest BCUT2D eigenvalue weighted by molar-refractivity contribution is 0.473. The second kappa shape index (κ2) is 5.10. The van der Waals surface area contributed by atoms with E-state index in [1.54, 1.807) is 16.6 Å². The van der Waals surface area contributed by atoms with Crippen LogP contribution < -0.4 is 4.18 Å². The number of fused-ring (bicyclic) bond motifs is 1. The molecule has 22 heavy (non-hydrogen) atoms. The third kappa shape index (κ3) is 2.67. The van der Waals surface area contributed by atoms with Gasteiger partial charge >= 0.3 is 10.1 Å². The van der Waals surface area contributed by atoms with E-state index in [2.05, 4.69) is 10.1 Å². The molecule has 1 aromatic carbocycles. The molecule has 0 aliphatic heterocycles. The van der Waals surface area contributed by atoms with Gasteiger partial charge < -0.3 is 4.18 Å². The van der Waals surface area contributed by atoms with Gasteiger partial charge in [-0.3, -0.25) is 0 Å². The number of hydrogen-bond acceptors (Lipinski definition) is 5. The number of benzene rings is 1. The van der Waals surface area contributed by atoms with Crippen molar-refractivity contribution in [3.05, 3.63) is 53.3 Å². The maximum absolute atomic E-state index is 12.2. The molecule has 0 aliphatic rings. The molecule has 3 rings (SSSR count). The molecule has 0 amide bonds. The van der Waals surface area contributed by atoms with E-state index in [0.717, 1.165) is 17.0 Å². The van der Waals surface area contributed by atoms with E-state index in [1.165, 1.54) is 18.2 Å². The molecule has 7 heteroatoms. The van der Waals surface area contributed by atoms with E-state index in [-0.39, 0.29) is 10.8 Å². The second-order valence-corrected chi connectivity index (χ2v) is 6.69. The van der Waals surface area contributed by atoms with Crippen molar-refractivity contribution in [3.63, 3.8) is 0 Å². The van der Waals surface area contributed by atoms with Crippen LogP contribution in [-0.2, 0) is 10.1 Å². The summed E-state index contributed by atoms with van der Waals surface area (Å²) >= 11 is 0. The van der Waals surface area contributed by atoms with Crippen molar-refractivity contribution in [2.75, 3.05) is 0 Å². The predicted molar refractivity (Wildman–Crippen MR) is 81.5 cm³/mol. The van der Waals surface area contributed by atoms with Crippen molar-refractivity contribution in [2.45, 2.75) is 25.7 Å². The molecule has 3 aromatic rings. The summed E-state index contributed by atoms with van der Waals surface area (Å²) in [5.41, 5.74) is 3.21. The van der Waals surface area contributed by atoms with Crippen LogP contribution in [0.4, 0.5) is 0 Å². The average molecular weight is 317 g/mol. The van der Waals surface area contributed by atoms with Gasteiger partial charge in [0.1, 0.15) is 4.90 Å². The molecule has 0 aliphatic carbocycles. The van der Waals surface area contributed by atoms with Gasteiger partial charge in [-0.05, 0) is 39.0 Å². The zero-order chi connectivity index (χ0) is 15.9. The topological polar surface area (TPSA) is 73.6 Å². The first-order chi connectivity index (χ1) is 10.3. The fourth-order valence-corrected chi connectivity index (χ4v) is 3.04. The monoisotopic (exact) mass is 317 g/mol. The van der Waals surface area contributed by atoms with Crippen LogP contribution in [0.15, 0.2) is 41.3 Å². The van der Waals surface area contributed by atoms with Crippen molar-refractivity contribution < 1.29 is 12.6 Å². The minimum Gasteiger partial charge on any atom is -0.356 e. The lowest BCUT2D eigenvalue weighted by atomic mass is 10.2. The molecule has 2 aromatic heterocycles. The average Bonchev–Trinajstić information content (AvgIpc) is 2.81. The summed E-state index contributed by atoms with van der Waals surface area (Å²) in [4.78, 5) is 4.39. The molecule has 0 radical (unpaired) electrons. The highest BCUT2D eigenvalue weighted by molar-refractivity contribution is 7.87. The third-order valence-electron chi connectivity index (χ3n) is 3.22. The molecule has 0 saturated carbocycles. The van der Waals surface area contributed by atoms with E-state index in [0.29, 0.717) is 5.65 Å². The Labute approximate surface area is 128 Å². The quantitative estimate of drug-likeness (QED) is 0.694. The molecular weight excluding hydrogens is 302 g/mol. The van der Waals surface area contributed by atoms with Crippen LogP contribution in [-0.4, -0.2) is 23.0 Å². The van der Waals surface area contributed by atoms with Crippen LogP contribution >= 0.6 is 0 Å². The van der Waals surface area contributed by atoms with E-state index in [1.807, 2.05) is 26.8 Å². The normalized spacial score (nSPS) is 11.8. The first kappa shape index (κ1) is 14.5. The Kier molecular flexibility index (Phi) is 3.37. The Balaban J connectivity index is 1.98. The minimum absolute atomic E-state index is 0.00164. The van der Waals surface area contributed by atoms with Crippen molar-refractivity contribution in [3.8, 4) is 5.88 Å². The highest BCUT2D eigenvalue weighted by Crippen LogP contribution is 2.20. The highest BCUT2D eigenvalue weighted by atomic mass is 32.2. The number of aromatic nitrogens is 3. The molecule has 0 bridgehead atoms. The molecule has 0 unspecified atom stereocenters. The number of rotatable bonds is 3. The first-order valence-electron chi connectivity index (χ1n) is 6.70. The molecule has 0 fully saturated rings. The summed E-state index contributed by atoms with van der Waals surface area (Å²) in [7, 11) is -3.90. The predicted octanol–water partition coefficient (Wildman–Crippen LogP) is 2.42. The van der Waals surface area contributed by atoms with Gasteiger partial charge in [0.25, 0.3) is 5.88 Å². The molecule has 114 valence electrons. The van der Waals surface area contributed by atoms with Gasteiger partial charge in [-0.15, -0.1) is 5.10 Å². The molecule has 0 saturated heterocycles. The van der Waals surface area contributed by atoms with Crippen LogP contribution in [0.3, 0.4) is 0 Å². The standard InChI is InChI=1S/C15H15N3O3S/c1-10-4-6-13(7-5-10)22(19,20)21-15-9-14-16-11(2)8-12(3)18(14)17-15/h4-9H,1-3H3. The van der Waals surface area contributed by atoms with Gasteiger partial charge in [-0.2, -0.15) is 8.42 Å². The number of nitrogens with zero attached hydrogens (tertiary/aromatic N) is 3. The summed E-state index contributed by atoms with van der Waals surface area (Å²) < 4.78 is 31.2. The summed E-state index contributed by atoms with van der Waals surface area (Å²) in [5.74, 6) is 0.00164. The van der Waals surface area contributed by atoms with Crippen molar-refractivity contribution in [2.24, 2.45) is 0 Å². The van der Waals surface area contributed by atoms with E-state index in [4.69, 9.17) is 4.18 Å².